The lowest BCUT2D eigenvalue weighted by molar-refractivity contribution is -0.133. The lowest BCUT2D eigenvalue weighted by Crippen LogP contribution is -2.53. The Morgan fingerprint density at radius 2 is 1.57 bits per heavy atom. The third-order valence-electron chi connectivity index (χ3n) is 9.35. The number of nitrogens with zero attached hydrogens (tertiary/aromatic N) is 2. The van der Waals surface area contributed by atoms with E-state index in [2.05, 4.69) is 44.5 Å². The number of halogens is 3. The van der Waals surface area contributed by atoms with Crippen LogP contribution in [0, 0.1) is 29.3 Å². The van der Waals surface area contributed by atoms with Crippen molar-refractivity contribution in [3.63, 3.8) is 0 Å². The smallest absolute Gasteiger partial charge is 0.408 e. The third kappa shape index (κ3) is 9.83. The van der Waals surface area contributed by atoms with Crippen molar-refractivity contribution < 1.29 is 32.2 Å². The summed E-state index contributed by atoms with van der Waals surface area (Å²) < 4.78 is 55.8. The fourth-order valence-electron chi connectivity index (χ4n) is 7.09. The molecule has 11 heteroatoms. The number of carbonyl (C=O) groups is 2. The monoisotopic (exact) mass is 724 g/mol. The number of pyridine rings is 1. The van der Waals surface area contributed by atoms with Gasteiger partial charge in [-0.25, -0.2) is 18.0 Å². The maximum atomic E-state index is 15.5. The molecule has 276 valence electrons. The van der Waals surface area contributed by atoms with Crippen LogP contribution in [-0.2, 0) is 20.8 Å². The molecule has 2 atom stereocenters. The molecule has 3 aromatic carbocycles. The molecule has 1 saturated carbocycles. The average Bonchev–Trinajstić information content (AvgIpc) is 3.55. The van der Waals surface area contributed by atoms with Crippen molar-refractivity contribution in [1.82, 2.24) is 15.2 Å². The van der Waals surface area contributed by atoms with E-state index in [0.29, 0.717) is 17.7 Å². The van der Waals surface area contributed by atoms with Gasteiger partial charge in [0.05, 0.1) is 29.2 Å². The van der Waals surface area contributed by atoms with Crippen molar-refractivity contribution in [3.05, 3.63) is 131 Å². The lowest BCUT2D eigenvalue weighted by atomic mass is 9.84. The van der Waals surface area contributed by atoms with E-state index in [-0.39, 0.29) is 16.9 Å². The second kappa shape index (κ2) is 16.2. The number of nitrogens with one attached hydrogen (secondary N) is 2. The van der Waals surface area contributed by atoms with Crippen molar-refractivity contribution in [2.24, 2.45) is 0 Å². The van der Waals surface area contributed by atoms with Crippen LogP contribution >= 0.6 is 0 Å². The average molecular weight is 725 g/mol. The van der Waals surface area contributed by atoms with Gasteiger partial charge in [0.2, 0.25) is 5.91 Å². The number of alkyl carbamates (subject to hydrolysis) is 1. The Morgan fingerprint density at radius 1 is 0.943 bits per heavy atom. The summed E-state index contributed by atoms with van der Waals surface area (Å²) in [7, 11) is 0. The van der Waals surface area contributed by atoms with Crippen molar-refractivity contribution in [2.45, 2.75) is 82.3 Å². The zero-order valence-corrected chi connectivity index (χ0v) is 30.0. The minimum absolute atomic E-state index is 0.0250. The largest absolute Gasteiger partial charge is 0.444 e. The van der Waals surface area contributed by atoms with E-state index in [0.717, 1.165) is 45.0 Å². The van der Waals surface area contributed by atoms with Gasteiger partial charge in [0.25, 0.3) is 0 Å². The molecule has 0 unspecified atom stereocenters. The van der Waals surface area contributed by atoms with Crippen molar-refractivity contribution in [2.75, 3.05) is 18.4 Å². The fraction of sp³-hybridized carbons (Fsp3) is 0.357. The molecule has 1 spiro atoms. The van der Waals surface area contributed by atoms with Gasteiger partial charge in [-0.3, -0.25) is 14.7 Å². The van der Waals surface area contributed by atoms with Crippen molar-refractivity contribution in [1.29, 1.82) is 0 Å². The lowest BCUT2D eigenvalue weighted by Gasteiger charge is -2.43. The molecular weight excluding hydrogens is 681 g/mol. The van der Waals surface area contributed by atoms with Gasteiger partial charge < -0.3 is 20.1 Å². The second-order valence-electron chi connectivity index (χ2n) is 14.7. The summed E-state index contributed by atoms with van der Waals surface area (Å²) in [5, 5.41) is 5.38. The number of aromatic nitrogens is 1. The van der Waals surface area contributed by atoms with Crippen LogP contribution in [0.3, 0.4) is 0 Å². The van der Waals surface area contributed by atoms with Crippen LogP contribution in [0.15, 0.2) is 91.3 Å². The maximum Gasteiger partial charge on any atom is 0.408 e. The zero-order valence-electron chi connectivity index (χ0n) is 30.0. The molecule has 2 aliphatic rings. The standard InChI is InChI=1S/C42H43F3N4O4/c1-41(2,3)53-40(51)48-38(37(29-11-15-31(43)16-12-29)30-13-17-32(44)18-14-30)39(50)47-36-24-46-23-35(45)34(36)20-19-33-26-49(25-28-9-5-4-6-10-28)27-42(52-33)21-7-8-22-42/h4-6,9-18,23-24,33,37-38H,7-8,21-22,25-27H2,1-3H3,(H,47,50)(H,48,51)/t33-,38+/m1/s1. The molecule has 2 fully saturated rings. The van der Waals surface area contributed by atoms with E-state index in [1.54, 1.807) is 20.8 Å². The molecule has 53 heavy (non-hydrogen) atoms. The molecule has 2 N–H and O–H groups in total. The predicted molar refractivity (Wildman–Crippen MR) is 195 cm³/mol. The van der Waals surface area contributed by atoms with Gasteiger partial charge in [0, 0.05) is 25.6 Å². The predicted octanol–water partition coefficient (Wildman–Crippen LogP) is 7.73. The van der Waals surface area contributed by atoms with Gasteiger partial charge in [-0.1, -0.05) is 79.3 Å². The molecule has 4 aromatic rings. The van der Waals surface area contributed by atoms with Gasteiger partial charge in [0.1, 0.15) is 29.4 Å². The van der Waals surface area contributed by atoms with Gasteiger partial charge in [-0.05, 0) is 74.6 Å². The quantitative estimate of drug-likeness (QED) is 0.181. The molecule has 1 aromatic heterocycles. The first-order valence-electron chi connectivity index (χ1n) is 17.8. The van der Waals surface area contributed by atoms with E-state index >= 15 is 4.39 Å². The molecule has 8 nitrogen and oxygen atoms in total. The van der Waals surface area contributed by atoms with Crippen LogP contribution in [0.4, 0.5) is 23.7 Å². The molecule has 0 radical (unpaired) electrons. The number of ether oxygens (including phenoxy) is 2. The van der Waals surface area contributed by atoms with E-state index in [1.807, 2.05) is 18.2 Å². The fourth-order valence-corrected chi connectivity index (χ4v) is 7.09. The topological polar surface area (TPSA) is 92.8 Å². The van der Waals surface area contributed by atoms with Gasteiger partial charge in [-0.15, -0.1) is 0 Å². The number of morpholine rings is 1. The highest BCUT2D eigenvalue weighted by Gasteiger charge is 2.42. The Morgan fingerprint density at radius 3 is 2.17 bits per heavy atom. The molecule has 0 bridgehead atoms. The van der Waals surface area contributed by atoms with Gasteiger partial charge in [0.15, 0.2) is 5.82 Å². The van der Waals surface area contributed by atoms with Crippen LogP contribution in [-0.4, -0.2) is 58.3 Å². The van der Waals surface area contributed by atoms with Crippen LogP contribution in [0.1, 0.15) is 74.6 Å². The van der Waals surface area contributed by atoms with E-state index < -0.39 is 53.1 Å². The van der Waals surface area contributed by atoms with Crippen molar-refractivity contribution >= 4 is 17.7 Å². The highest BCUT2D eigenvalue weighted by Crippen LogP contribution is 2.38. The Kier molecular flexibility index (Phi) is 11.5. The van der Waals surface area contributed by atoms with Crippen LogP contribution in [0.5, 0.6) is 0 Å². The van der Waals surface area contributed by atoms with Gasteiger partial charge in [-0.2, -0.15) is 0 Å². The number of hydrogen-bond donors (Lipinski definition) is 2. The van der Waals surface area contributed by atoms with Crippen LogP contribution in [0.25, 0.3) is 0 Å². The summed E-state index contributed by atoms with van der Waals surface area (Å²) in [6, 6.07) is 19.6. The first kappa shape index (κ1) is 37.6. The highest BCUT2D eigenvalue weighted by molar-refractivity contribution is 5.98. The molecule has 1 aliphatic carbocycles. The molecule has 1 saturated heterocycles. The van der Waals surface area contributed by atoms with E-state index in [4.69, 9.17) is 9.47 Å². The molecule has 2 amide bonds. The summed E-state index contributed by atoms with van der Waals surface area (Å²) in [5.74, 6) is 2.58. The Hall–Kier alpha value is -5.18. The molecular formula is C42H43F3N4O4. The van der Waals surface area contributed by atoms with Crippen molar-refractivity contribution in [3.8, 4) is 11.8 Å². The summed E-state index contributed by atoms with van der Waals surface area (Å²) in [5.41, 5.74) is 0.696. The van der Waals surface area contributed by atoms with E-state index in [1.165, 1.54) is 60.3 Å². The number of anilines is 1. The summed E-state index contributed by atoms with van der Waals surface area (Å²) in [4.78, 5) is 33.8. The van der Waals surface area contributed by atoms with Crippen LogP contribution < -0.4 is 10.6 Å². The first-order valence-corrected chi connectivity index (χ1v) is 17.8. The molecule has 1 aliphatic heterocycles. The second-order valence-corrected chi connectivity index (χ2v) is 14.7. The Bertz CT molecular complexity index is 1910. The van der Waals surface area contributed by atoms with Gasteiger partial charge >= 0.3 is 6.09 Å². The number of carbonyl (C=O) groups excluding carboxylic acids is 2. The zero-order chi connectivity index (χ0) is 37.6. The molecule has 6 rings (SSSR count). The summed E-state index contributed by atoms with van der Waals surface area (Å²) >= 11 is 0. The highest BCUT2D eigenvalue weighted by atomic mass is 19.1. The normalized spacial score (nSPS) is 17.5. The minimum atomic E-state index is -1.40. The Balaban J connectivity index is 1.32. The Labute approximate surface area is 308 Å². The molecule has 2 heterocycles. The third-order valence-corrected chi connectivity index (χ3v) is 9.35. The number of hydrogen-bond acceptors (Lipinski definition) is 6. The van der Waals surface area contributed by atoms with Crippen LogP contribution in [0.2, 0.25) is 0 Å². The first-order chi connectivity index (χ1) is 25.4. The SMILES string of the molecule is CC(C)(C)OC(=O)N[C@H](C(=O)Nc1cncc(F)c1C#C[C@@H]1CN(Cc2ccccc2)CC2(CCCC2)O1)C(c1ccc(F)cc1)c1ccc(F)cc1. The summed E-state index contributed by atoms with van der Waals surface area (Å²) in [6.45, 7) is 7.04. The summed E-state index contributed by atoms with van der Waals surface area (Å²) in [6.07, 6.45) is 4.81. The van der Waals surface area contributed by atoms with E-state index in [9.17, 15) is 18.4 Å². The minimum Gasteiger partial charge on any atom is -0.444 e. The maximum absolute atomic E-state index is 15.5. The number of benzene rings is 3. The number of amides is 2. The number of rotatable bonds is 8.